The van der Waals surface area contributed by atoms with Crippen LogP contribution in [0.2, 0.25) is 5.02 Å². The van der Waals surface area contributed by atoms with Gasteiger partial charge >= 0.3 is 0 Å². The number of carbonyl (C=O) groups excluding carboxylic acids is 2. The Kier molecular flexibility index (Phi) is 5.42. The minimum Gasteiger partial charge on any atom is -0.497 e. The zero-order valence-electron chi connectivity index (χ0n) is 16.1. The highest BCUT2D eigenvalue weighted by molar-refractivity contribution is 6.30. The van der Waals surface area contributed by atoms with Crippen molar-refractivity contribution in [3.63, 3.8) is 0 Å². The average molecular weight is 425 g/mol. The van der Waals surface area contributed by atoms with Gasteiger partial charge in [-0.2, -0.15) is 0 Å². The molecule has 1 N–H and O–H groups in total. The number of fused-ring (bicyclic) bond motifs is 1. The number of hydrogen-bond donors (Lipinski definition) is 1. The normalized spacial score (nSPS) is 15.8. The van der Waals surface area contributed by atoms with Crippen LogP contribution in [0.15, 0.2) is 66.7 Å². The highest BCUT2D eigenvalue weighted by Gasteiger charge is 2.34. The fourth-order valence-corrected chi connectivity index (χ4v) is 3.75. The molecule has 0 spiro atoms. The zero-order valence-corrected chi connectivity index (χ0v) is 16.8. The Morgan fingerprint density at radius 2 is 1.80 bits per heavy atom. The van der Waals surface area contributed by atoms with Crippen LogP contribution in [-0.4, -0.2) is 30.4 Å². The summed E-state index contributed by atoms with van der Waals surface area (Å²) in [6.45, 7) is -0.167. The molecule has 0 aliphatic carbocycles. The van der Waals surface area contributed by atoms with Gasteiger partial charge in [-0.05, 0) is 60.2 Å². The highest BCUT2D eigenvalue weighted by atomic mass is 35.5. The molecule has 0 radical (unpaired) electrons. The predicted octanol–water partition coefficient (Wildman–Crippen LogP) is 4.67. The summed E-state index contributed by atoms with van der Waals surface area (Å²) >= 11 is 6.23. The molecular weight excluding hydrogens is 407 g/mol. The molecule has 1 atom stereocenters. The molecule has 0 saturated heterocycles. The first-order chi connectivity index (χ1) is 14.5. The molecule has 3 aromatic carbocycles. The third-order valence-corrected chi connectivity index (χ3v) is 5.23. The summed E-state index contributed by atoms with van der Waals surface area (Å²) in [7, 11) is 1.54. The molecule has 30 heavy (non-hydrogen) atoms. The molecule has 1 aliphatic heterocycles. The van der Waals surface area contributed by atoms with Crippen LogP contribution in [0, 0.1) is 5.82 Å². The number of benzene rings is 3. The van der Waals surface area contributed by atoms with Crippen molar-refractivity contribution >= 4 is 29.1 Å². The van der Waals surface area contributed by atoms with E-state index in [0.29, 0.717) is 33.1 Å². The first-order valence-electron chi connectivity index (χ1n) is 9.26. The predicted molar refractivity (Wildman–Crippen MR) is 112 cm³/mol. The second-order valence-corrected chi connectivity index (χ2v) is 7.33. The van der Waals surface area contributed by atoms with E-state index in [0.717, 1.165) is 0 Å². The topological polar surface area (TPSA) is 58.6 Å². The minimum atomic E-state index is -0.632. The summed E-state index contributed by atoms with van der Waals surface area (Å²) in [5.41, 5.74) is 2.28. The highest BCUT2D eigenvalue weighted by Crippen LogP contribution is 2.38. The van der Waals surface area contributed by atoms with E-state index in [1.165, 1.54) is 17.0 Å². The first-order valence-corrected chi connectivity index (χ1v) is 9.64. The van der Waals surface area contributed by atoms with Gasteiger partial charge in [-0.15, -0.1) is 0 Å². The number of methoxy groups -OCH3 is 1. The van der Waals surface area contributed by atoms with Gasteiger partial charge in [0.15, 0.2) is 0 Å². The Balaban J connectivity index is 1.85. The number of carbonyl (C=O) groups is 2. The maximum Gasteiger partial charge on any atom is 0.255 e. The second kappa shape index (κ2) is 8.16. The summed E-state index contributed by atoms with van der Waals surface area (Å²) < 4.78 is 18.7. The summed E-state index contributed by atoms with van der Waals surface area (Å²) in [6, 6.07) is 17.0. The number of amides is 2. The molecule has 2 amide bonds. The molecule has 152 valence electrons. The summed E-state index contributed by atoms with van der Waals surface area (Å²) in [6.07, 6.45) is 0. The Labute approximate surface area is 178 Å². The Morgan fingerprint density at radius 3 is 2.47 bits per heavy atom. The van der Waals surface area contributed by atoms with Crippen LogP contribution in [0.25, 0.3) is 0 Å². The van der Waals surface area contributed by atoms with Gasteiger partial charge in [0.1, 0.15) is 18.1 Å². The Hall–Kier alpha value is -3.38. The van der Waals surface area contributed by atoms with Crippen LogP contribution in [0.5, 0.6) is 5.75 Å². The number of hydrogen-bond acceptors (Lipinski definition) is 3. The third-order valence-electron chi connectivity index (χ3n) is 4.99. The number of nitrogens with zero attached hydrogens (tertiary/aromatic N) is 1. The van der Waals surface area contributed by atoms with Crippen LogP contribution >= 0.6 is 11.6 Å². The lowest BCUT2D eigenvalue weighted by Crippen LogP contribution is -2.39. The van der Waals surface area contributed by atoms with E-state index in [1.54, 1.807) is 61.7 Å². The monoisotopic (exact) mass is 424 g/mol. The number of nitrogens with one attached hydrogen (secondary N) is 1. The van der Waals surface area contributed by atoms with E-state index in [4.69, 9.17) is 16.3 Å². The van der Waals surface area contributed by atoms with Gasteiger partial charge in [-0.25, -0.2) is 4.39 Å². The molecule has 1 aliphatic rings. The van der Waals surface area contributed by atoms with Crippen LogP contribution in [0.3, 0.4) is 0 Å². The minimum absolute atomic E-state index is 0.167. The van der Waals surface area contributed by atoms with Gasteiger partial charge in [0.25, 0.3) is 5.91 Å². The molecule has 3 aromatic rings. The van der Waals surface area contributed by atoms with E-state index < -0.39 is 6.04 Å². The van der Waals surface area contributed by atoms with E-state index >= 15 is 0 Å². The summed E-state index contributed by atoms with van der Waals surface area (Å²) in [5.74, 6) is -0.437. The van der Waals surface area contributed by atoms with Gasteiger partial charge in [-0.3, -0.25) is 9.59 Å². The Morgan fingerprint density at radius 1 is 1.10 bits per heavy atom. The molecular formula is C23H18ClFN2O3. The van der Waals surface area contributed by atoms with E-state index in [2.05, 4.69) is 5.32 Å². The number of ether oxygens (including phenoxy) is 1. The van der Waals surface area contributed by atoms with E-state index in [-0.39, 0.29) is 24.2 Å². The van der Waals surface area contributed by atoms with Gasteiger partial charge in [0, 0.05) is 21.8 Å². The Bertz CT molecular complexity index is 1100. The molecule has 1 heterocycles. The van der Waals surface area contributed by atoms with Crippen LogP contribution < -0.4 is 10.1 Å². The molecule has 5 nitrogen and oxygen atoms in total. The van der Waals surface area contributed by atoms with Gasteiger partial charge in [0.05, 0.1) is 13.2 Å². The fourth-order valence-electron chi connectivity index (χ4n) is 3.57. The smallest absolute Gasteiger partial charge is 0.255 e. The number of anilines is 1. The maximum absolute atomic E-state index is 13.6. The van der Waals surface area contributed by atoms with Crippen molar-refractivity contribution in [2.75, 3.05) is 19.0 Å². The van der Waals surface area contributed by atoms with Crippen LogP contribution in [0.4, 0.5) is 10.1 Å². The number of rotatable bonds is 3. The van der Waals surface area contributed by atoms with Crippen molar-refractivity contribution in [1.29, 1.82) is 0 Å². The summed E-state index contributed by atoms with van der Waals surface area (Å²) in [5, 5.41) is 3.30. The SMILES string of the molecule is COc1ccc(C(=O)N2CC(=O)Nc3ccc(Cl)cc3[C@H]2c2ccc(F)cc2)cc1. The molecule has 4 rings (SSSR count). The molecule has 7 heteroatoms. The lowest BCUT2D eigenvalue weighted by molar-refractivity contribution is -0.117. The second-order valence-electron chi connectivity index (χ2n) is 6.90. The number of halogens is 2. The average Bonchev–Trinajstić information content (AvgIpc) is 2.89. The van der Waals surface area contributed by atoms with E-state index in [9.17, 15) is 14.0 Å². The maximum atomic E-state index is 13.6. The lowest BCUT2D eigenvalue weighted by Gasteiger charge is -2.30. The lowest BCUT2D eigenvalue weighted by atomic mass is 9.95. The van der Waals surface area contributed by atoms with Crippen molar-refractivity contribution in [1.82, 2.24) is 4.90 Å². The summed E-state index contributed by atoms with van der Waals surface area (Å²) in [4.78, 5) is 27.5. The van der Waals surface area contributed by atoms with Crippen molar-refractivity contribution in [2.24, 2.45) is 0 Å². The van der Waals surface area contributed by atoms with Crippen molar-refractivity contribution in [3.05, 3.63) is 94.3 Å². The first kappa shape index (κ1) is 19.9. The van der Waals surface area contributed by atoms with Gasteiger partial charge in [0.2, 0.25) is 5.91 Å². The van der Waals surface area contributed by atoms with Gasteiger partial charge in [-0.1, -0.05) is 23.7 Å². The standard InChI is InChI=1S/C23H18ClFN2O3/c1-30-18-9-4-15(5-10-18)23(29)27-13-21(28)26-20-11-6-16(24)12-19(20)22(27)14-2-7-17(25)8-3-14/h2-12,22H,13H2,1H3,(H,26,28)/t22-/m1/s1. The molecule has 0 unspecified atom stereocenters. The molecule has 0 aromatic heterocycles. The van der Waals surface area contributed by atoms with E-state index in [1.807, 2.05) is 0 Å². The van der Waals surface area contributed by atoms with Crippen LogP contribution in [-0.2, 0) is 4.79 Å². The molecule has 0 fully saturated rings. The van der Waals surface area contributed by atoms with Gasteiger partial charge < -0.3 is 15.0 Å². The van der Waals surface area contributed by atoms with Crippen LogP contribution in [0.1, 0.15) is 27.5 Å². The quantitative estimate of drug-likeness (QED) is 0.664. The van der Waals surface area contributed by atoms with Crippen molar-refractivity contribution in [3.8, 4) is 5.75 Å². The third kappa shape index (κ3) is 3.86. The fraction of sp³-hybridized carbons (Fsp3) is 0.130. The van der Waals surface area contributed by atoms with Crippen molar-refractivity contribution < 1.29 is 18.7 Å². The molecule has 0 bridgehead atoms. The molecule has 0 saturated carbocycles. The van der Waals surface area contributed by atoms with Crippen molar-refractivity contribution in [2.45, 2.75) is 6.04 Å². The largest absolute Gasteiger partial charge is 0.497 e. The zero-order chi connectivity index (χ0) is 21.3.